The van der Waals surface area contributed by atoms with Crippen molar-refractivity contribution in [1.29, 1.82) is 0 Å². The van der Waals surface area contributed by atoms with Gasteiger partial charge in [-0.15, -0.1) is 5.06 Å². The number of ketones is 1. The lowest BCUT2D eigenvalue weighted by atomic mass is 9.39. The van der Waals surface area contributed by atoms with Crippen LogP contribution in [0.3, 0.4) is 0 Å². The van der Waals surface area contributed by atoms with Gasteiger partial charge >= 0.3 is 11.9 Å². The fourth-order valence-corrected chi connectivity index (χ4v) is 4.39. The molecule has 2 rings (SSSR count). The molecule has 22 heavy (non-hydrogen) atoms. The Bertz CT molecular complexity index is 583. The molecular weight excluding hydrogens is 290 g/mol. The molecule has 0 N–H and O–H groups in total. The molecule has 1 aliphatic heterocycles. The van der Waals surface area contributed by atoms with Gasteiger partial charge in [-0.05, 0) is 0 Å². The zero-order valence-corrected chi connectivity index (χ0v) is 13.9. The minimum absolute atomic E-state index is 0.0250. The summed E-state index contributed by atoms with van der Waals surface area (Å²) in [6.45, 7) is 6.90. The molecule has 7 heteroatoms. The molecule has 0 saturated heterocycles. The van der Waals surface area contributed by atoms with E-state index >= 15 is 0 Å². The van der Waals surface area contributed by atoms with E-state index in [2.05, 4.69) is 0 Å². The van der Waals surface area contributed by atoms with Gasteiger partial charge in [-0.2, -0.15) is 0 Å². The SMILES string of the molecule is COC(=O)C1=C(C(=O)OC)C2(N(C)O1)C(C)(C)C(=O)C2(C)C. The molecule has 1 heterocycles. The van der Waals surface area contributed by atoms with E-state index in [0.29, 0.717) is 0 Å². The molecule has 1 aliphatic carbocycles. The highest BCUT2D eigenvalue weighted by molar-refractivity contribution is 6.10. The minimum Gasteiger partial charge on any atom is -0.465 e. The predicted molar refractivity (Wildman–Crippen MR) is 75.2 cm³/mol. The van der Waals surface area contributed by atoms with Gasteiger partial charge < -0.3 is 14.3 Å². The van der Waals surface area contributed by atoms with Crippen molar-refractivity contribution in [3.05, 3.63) is 11.3 Å². The van der Waals surface area contributed by atoms with Crippen LogP contribution < -0.4 is 0 Å². The number of hydrogen-bond donors (Lipinski definition) is 0. The van der Waals surface area contributed by atoms with E-state index in [-0.39, 0.29) is 17.1 Å². The van der Waals surface area contributed by atoms with Crippen molar-refractivity contribution in [2.75, 3.05) is 21.3 Å². The van der Waals surface area contributed by atoms with Crippen LogP contribution in [-0.2, 0) is 28.7 Å². The van der Waals surface area contributed by atoms with Crippen molar-refractivity contribution >= 4 is 17.7 Å². The van der Waals surface area contributed by atoms with Gasteiger partial charge in [0, 0.05) is 7.05 Å². The molecular formula is C15H21NO6. The highest BCUT2D eigenvalue weighted by Gasteiger charge is 2.80. The van der Waals surface area contributed by atoms with Crippen molar-refractivity contribution < 1.29 is 28.7 Å². The predicted octanol–water partition coefficient (Wildman–Crippen LogP) is 0.837. The molecule has 0 bridgehead atoms. The number of Topliss-reactive ketones (excluding diaryl/α,β-unsaturated/α-hetero) is 1. The highest BCUT2D eigenvalue weighted by atomic mass is 16.7. The van der Waals surface area contributed by atoms with Crippen LogP contribution in [0.4, 0.5) is 0 Å². The Balaban J connectivity index is 2.79. The maximum atomic E-state index is 12.5. The van der Waals surface area contributed by atoms with Crippen LogP contribution in [0, 0.1) is 10.8 Å². The molecule has 0 aromatic rings. The summed E-state index contributed by atoms with van der Waals surface area (Å²) < 4.78 is 9.53. The zero-order chi connectivity index (χ0) is 17.1. The molecule has 1 saturated carbocycles. The molecule has 0 aromatic carbocycles. The molecule has 1 fully saturated rings. The summed E-state index contributed by atoms with van der Waals surface area (Å²) >= 11 is 0. The first-order chi connectivity index (χ1) is 10.0. The summed E-state index contributed by atoms with van der Waals surface area (Å²) in [7, 11) is 4.01. The Kier molecular flexibility index (Phi) is 3.41. The fraction of sp³-hybridized carbons (Fsp3) is 0.667. The van der Waals surface area contributed by atoms with Gasteiger partial charge in [0.25, 0.3) is 0 Å². The number of hydrogen-bond acceptors (Lipinski definition) is 7. The summed E-state index contributed by atoms with van der Waals surface area (Å²) in [6, 6.07) is 0. The molecule has 122 valence electrons. The monoisotopic (exact) mass is 311 g/mol. The third-order valence-electron chi connectivity index (χ3n) is 4.99. The molecule has 0 unspecified atom stereocenters. The molecule has 0 aromatic heterocycles. The number of carbonyl (C=O) groups is 3. The van der Waals surface area contributed by atoms with Crippen LogP contribution in [0.2, 0.25) is 0 Å². The van der Waals surface area contributed by atoms with Gasteiger partial charge in [0.15, 0.2) is 0 Å². The lowest BCUT2D eigenvalue weighted by molar-refractivity contribution is -0.243. The number of nitrogens with zero attached hydrogens (tertiary/aromatic N) is 1. The summed E-state index contributed by atoms with van der Waals surface area (Å²) in [4.78, 5) is 42.4. The zero-order valence-electron chi connectivity index (χ0n) is 13.9. The Morgan fingerprint density at radius 1 is 1.00 bits per heavy atom. The van der Waals surface area contributed by atoms with Crippen molar-refractivity contribution in [3.63, 3.8) is 0 Å². The summed E-state index contributed by atoms with van der Waals surface area (Å²) in [5.41, 5.74) is -2.93. The molecule has 1 spiro atoms. The molecule has 2 aliphatic rings. The molecule has 7 nitrogen and oxygen atoms in total. The van der Waals surface area contributed by atoms with Crippen molar-refractivity contribution in [3.8, 4) is 0 Å². The van der Waals surface area contributed by atoms with Gasteiger partial charge in [-0.25, -0.2) is 9.59 Å². The smallest absolute Gasteiger partial charge is 0.376 e. The number of rotatable bonds is 2. The van der Waals surface area contributed by atoms with E-state index in [9.17, 15) is 14.4 Å². The first-order valence-electron chi connectivity index (χ1n) is 6.89. The van der Waals surface area contributed by atoms with E-state index in [1.165, 1.54) is 19.3 Å². The van der Waals surface area contributed by atoms with E-state index in [1.807, 2.05) is 0 Å². The van der Waals surface area contributed by atoms with Crippen LogP contribution in [0.25, 0.3) is 0 Å². The summed E-state index contributed by atoms with van der Waals surface area (Å²) in [6.07, 6.45) is 0. The topological polar surface area (TPSA) is 82.1 Å². The van der Waals surface area contributed by atoms with Crippen LogP contribution in [0.5, 0.6) is 0 Å². The van der Waals surface area contributed by atoms with E-state index in [0.717, 1.165) is 0 Å². The van der Waals surface area contributed by atoms with Crippen LogP contribution in [-0.4, -0.2) is 49.6 Å². The second-order valence-corrected chi connectivity index (χ2v) is 6.57. The maximum absolute atomic E-state index is 12.5. The van der Waals surface area contributed by atoms with Gasteiger partial charge in [0.2, 0.25) is 5.76 Å². The van der Waals surface area contributed by atoms with Crippen LogP contribution >= 0.6 is 0 Å². The average Bonchev–Trinajstić information content (AvgIpc) is 2.80. The molecule has 0 radical (unpaired) electrons. The quantitative estimate of drug-likeness (QED) is 0.699. The maximum Gasteiger partial charge on any atom is 0.376 e. The largest absolute Gasteiger partial charge is 0.465 e. The average molecular weight is 311 g/mol. The Hall–Kier alpha value is -1.89. The molecule has 0 atom stereocenters. The summed E-state index contributed by atoms with van der Waals surface area (Å²) in [5.74, 6) is -1.75. The van der Waals surface area contributed by atoms with Crippen LogP contribution in [0.15, 0.2) is 11.3 Å². The number of ether oxygens (including phenoxy) is 2. The van der Waals surface area contributed by atoms with E-state index in [4.69, 9.17) is 14.3 Å². The first-order valence-corrected chi connectivity index (χ1v) is 6.89. The lowest BCUT2D eigenvalue weighted by Gasteiger charge is -2.64. The minimum atomic E-state index is -1.10. The third kappa shape index (κ3) is 1.47. The van der Waals surface area contributed by atoms with Crippen molar-refractivity contribution in [2.24, 2.45) is 10.8 Å². The van der Waals surface area contributed by atoms with Gasteiger partial charge in [-0.1, -0.05) is 27.7 Å². The number of hydroxylamine groups is 2. The Labute approximate surface area is 129 Å². The van der Waals surface area contributed by atoms with Gasteiger partial charge in [-0.3, -0.25) is 4.79 Å². The number of methoxy groups -OCH3 is 2. The van der Waals surface area contributed by atoms with Gasteiger partial charge in [0.05, 0.1) is 25.0 Å². The summed E-state index contributed by atoms with van der Waals surface area (Å²) in [5, 5.41) is 1.40. The van der Waals surface area contributed by atoms with Crippen molar-refractivity contribution in [1.82, 2.24) is 5.06 Å². The third-order valence-corrected chi connectivity index (χ3v) is 4.99. The lowest BCUT2D eigenvalue weighted by Crippen LogP contribution is -2.79. The first kappa shape index (κ1) is 16.5. The standard InChI is InChI=1S/C15H21NO6/c1-13(2)12(19)14(3,4)15(13)8(10(17)20-6)9(11(18)21-7)22-16(15)5/h1-7H3. The van der Waals surface area contributed by atoms with Gasteiger partial charge in [0.1, 0.15) is 16.9 Å². The van der Waals surface area contributed by atoms with E-state index in [1.54, 1.807) is 34.7 Å². The normalized spacial score (nSPS) is 24.8. The van der Waals surface area contributed by atoms with Crippen LogP contribution in [0.1, 0.15) is 27.7 Å². The molecule has 0 amide bonds. The number of esters is 2. The fourth-order valence-electron chi connectivity index (χ4n) is 4.39. The van der Waals surface area contributed by atoms with Crippen molar-refractivity contribution in [2.45, 2.75) is 33.2 Å². The highest BCUT2D eigenvalue weighted by Crippen LogP contribution is 2.67. The Morgan fingerprint density at radius 3 is 1.86 bits per heavy atom. The number of carbonyl (C=O) groups excluding carboxylic acids is 3. The Morgan fingerprint density at radius 2 is 1.45 bits per heavy atom. The second kappa shape index (κ2) is 4.55. The van der Waals surface area contributed by atoms with E-state index < -0.39 is 28.3 Å². The second-order valence-electron chi connectivity index (χ2n) is 6.57. The number of likely N-dealkylation sites (N-methyl/N-ethyl adjacent to an activating group) is 1.